The smallest absolute Gasteiger partial charge is 0.338 e. The monoisotopic (exact) mass is 2010 g/mol. The van der Waals surface area contributed by atoms with Crippen molar-refractivity contribution in [1.82, 2.24) is 0 Å². The van der Waals surface area contributed by atoms with Gasteiger partial charge >= 0.3 is 58.7 Å². The van der Waals surface area contributed by atoms with Gasteiger partial charge in [-0.1, -0.05) is 29.0 Å². The van der Waals surface area contributed by atoms with Gasteiger partial charge in [0.05, 0.1) is 14.8 Å². The Bertz CT molecular complexity index is 4150. The minimum Gasteiger partial charge on any atom is -0.519 e. The van der Waals surface area contributed by atoms with Crippen LogP contribution in [0, 0.1) is 29.8 Å². The summed E-state index contributed by atoms with van der Waals surface area (Å²) in [6, 6.07) is 20.3. The SMILES string of the molecule is C[Si](C)(C)OC(=O)C1CCCS1.C[Si](C)(C)OC(=O)c1cc(Br)cs1.C[Si](C)(C)OC(=O)c1ccc(Cl)s1.C[Si](C)(C)OC(=O)c1ccc([N+](=O)[O-])s1.C[Si](C)(C)OC(=O)c1cccs1.C[Si](C)(C)OC(=O)c1ccsc1.C[Si](C)(C)OC(=O)c1sccc1F.Cc1ccc(C(=O)O[Si](C)(C)C)s1.Cc1ccsc1C(=O)O[Si](C)(C)C. The Labute approximate surface area is 742 Å². The highest BCUT2D eigenvalue weighted by Gasteiger charge is 2.32. The number of carbonyl (C=O) groups excluding carboxylic acids is 9. The van der Waals surface area contributed by atoms with Crippen LogP contribution in [0.4, 0.5) is 9.39 Å². The van der Waals surface area contributed by atoms with Crippen molar-refractivity contribution in [2.75, 3.05) is 5.75 Å². The average Bonchev–Trinajstić information content (AvgIpc) is 1.72. The number of carbonyl (C=O) groups is 9. The Morgan fingerprint density at radius 1 is 0.431 bits per heavy atom. The molecule has 21 nitrogen and oxygen atoms in total. The van der Waals surface area contributed by atoms with E-state index in [1.807, 2.05) is 242 Å². The summed E-state index contributed by atoms with van der Waals surface area (Å²) in [7, 11) is -15.9. The molecule has 42 heteroatoms. The van der Waals surface area contributed by atoms with Gasteiger partial charge in [-0.3, -0.25) is 14.9 Å². The van der Waals surface area contributed by atoms with Gasteiger partial charge < -0.3 is 39.8 Å². The van der Waals surface area contributed by atoms with Gasteiger partial charge in [-0.25, -0.2) is 42.7 Å². The maximum atomic E-state index is 12.9. The Morgan fingerprint density at radius 3 is 1.17 bits per heavy atom. The Kier molecular flexibility index (Phi) is 46.5. The molecule has 8 aromatic heterocycles. The largest absolute Gasteiger partial charge is 0.519 e. The van der Waals surface area contributed by atoms with Crippen molar-refractivity contribution in [2.24, 2.45) is 0 Å². The zero-order valence-electron chi connectivity index (χ0n) is 71.5. The van der Waals surface area contributed by atoms with Crippen LogP contribution in [0.25, 0.3) is 0 Å². The highest BCUT2D eigenvalue weighted by atomic mass is 79.9. The summed E-state index contributed by atoms with van der Waals surface area (Å²) in [5.41, 5.74) is 1.68. The molecule has 0 N–H and O–H groups in total. The molecule has 1 saturated heterocycles. The average molecular weight is 2010 g/mol. The van der Waals surface area contributed by atoms with E-state index in [-0.39, 0.29) is 61.8 Å². The summed E-state index contributed by atoms with van der Waals surface area (Å²) in [5.74, 6) is -1.50. The topological polar surface area (TPSA) is 280 Å². The lowest BCUT2D eigenvalue weighted by Gasteiger charge is -2.19. The molecular formula is C74H112BrClFNO20S9Si9. The van der Waals surface area contributed by atoms with Gasteiger partial charge in [-0.15, -0.1) is 79.8 Å². The van der Waals surface area contributed by atoms with E-state index in [0.29, 0.717) is 29.4 Å². The summed E-state index contributed by atoms with van der Waals surface area (Å²) in [5, 5.41) is 21.4. The van der Waals surface area contributed by atoms with Crippen molar-refractivity contribution < 1.29 is 92.3 Å². The first-order valence-electron chi connectivity index (χ1n) is 36.1. The molecule has 1 aliphatic heterocycles. The third-order valence-corrected chi connectivity index (χ3v) is 28.4. The third-order valence-electron chi connectivity index (χ3n) is 11.6. The van der Waals surface area contributed by atoms with Crippen molar-refractivity contribution in [1.29, 1.82) is 0 Å². The molecule has 1 unspecified atom stereocenters. The number of nitrogens with zero attached hydrogens (tertiary/aromatic N) is 1. The molecule has 1 fully saturated rings. The molecule has 1 aliphatic rings. The van der Waals surface area contributed by atoms with Crippen LogP contribution in [-0.2, 0) is 44.6 Å². The number of thiophene rings is 8. The minimum absolute atomic E-state index is 0.0247. The molecule has 0 spiro atoms. The first-order chi connectivity index (χ1) is 52.7. The van der Waals surface area contributed by atoms with E-state index in [4.69, 9.17) is 51.4 Å². The first kappa shape index (κ1) is 109. The highest BCUT2D eigenvalue weighted by Crippen LogP contribution is 2.30. The summed E-state index contributed by atoms with van der Waals surface area (Å²) in [6.45, 7) is 57.3. The van der Waals surface area contributed by atoms with E-state index in [1.54, 1.807) is 42.1 Å². The normalized spacial score (nSPS) is 12.6. The number of thioether (sulfide) groups is 1. The lowest BCUT2D eigenvalue weighted by molar-refractivity contribution is -0.380. The molecular weight excluding hydrogens is 1900 g/mol. The lowest BCUT2D eigenvalue weighted by Crippen LogP contribution is -2.33. The molecule has 0 bridgehead atoms. The number of nitro groups is 1. The maximum absolute atomic E-state index is 12.9. The van der Waals surface area contributed by atoms with Crippen LogP contribution < -0.4 is 0 Å². The summed E-state index contributed by atoms with van der Waals surface area (Å²) >= 11 is 21.1. The van der Waals surface area contributed by atoms with Crippen molar-refractivity contribution in [3.8, 4) is 0 Å². The van der Waals surface area contributed by atoms with E-state index in [1.165, 1.54) is 91.6 Å². The maximum Gasteiger partial charge on any atom is 0.338 e. The number of rotatable bonds is 19. The molecule has 8 aromatic rings. The lowest BCUT2D eigenvalue weighted by atomic mass is 10.3. The van der Waals surface area contributed by atoms with E-state index in [0.717, 1.165) is 61.1 Å². The Morgan fingerprint density at radius 2 is 0.836 bits per heavy atom. The second kappa shape index (κ2) is 49.4. The summed E-state index contributed by atoms with van der Waals surface area (Å²) in [6.07, 6.45) is 2.17. The van der Waals surface area contributed by atoms with Gasteiger partial charge in [0.15, 0.2) is 0 Å². The molecule has 9 rings (SSSR count). The number of aryl methyl sites for hydroxylation is 2. The predicted molar refractivity (Wildman–Crippen MR) is 508 cm³/mol. The molecule has 1 atom stereocenters. The quantitative estimate of drug-likeness (QED) is 0.0413. The fourth-order valence-corrected chi connectivity index (χ4v) is 21.6. The van der Waals surface area contributed by atoms with Gasteiger partial charge in [0.25, 0.3) is 0 Å². The Balaban J connectivity index is 0.000000653. The van der Waals surface area contributed by atoms with Crippen molar-refractivity contribution >= 4 is 264 Å². The van der Waals surface area contributed by atoms with E-state index in [2.05, 4.69) is 15.9 Å². The molecule has 644 valence electrons. The van der Waals surface area contributed by atoms with Crippen molar-refractivity contribution in [3.63, 3.8) is 0 Å². The van der Waals surface area contributed by atoms with Gasteiger partial charge in [0, 0.05) is 26.2 Å². The molecule has 0 amide bonds. The van der Waals surface area contributed by atoms with Gasteiger partial charge in [0.2, 0.25) is 74.9 Å². The van der Waals surface area contributed by atoms with E-state index < -0.39 is 97.5 Å². The second-order valence-electron chi connectivity index (χ2n) is 33.6. The first-order valence-corrected chi connectivity index (χ1v) is 75.9. The second-order valence-corrected chi connectivity index (χ2v) is 84.2. The van der Waals surface area contributed by atoms with Crippen molar-refractivity contribution in [2.45, 2.75) is 209 Å². The molecule has 0 saturated carbocycles. The van der Waals surface area contributed by atoms with Crippen LogP contribution >= 0.6 is 130 Å². The van der Waals surface area contributed by atoms with Crippen LogP contribution in [0.1, 0.15) is 101 Å². The summed E-state index contributed by atoms with van der Waals surface area (Å²) < 4.78 is 62.1. The molecule has 0 radical (unpaired) electrons. The van der Waals surface area contributed by atoms with Gasteiger partial charge in [-0.05, 0) is 313 Å². The molecule has 0 aromatic carbocycles. The Hall–Kier alpha value is -4.77. The predicted octanol–water partition coefficient (Wildman–Crippen LogP) is 26.3. The molecule has 116 heavy (non-hydrogen) atoms. The molecule has 9 heterocycles. The standard InChI is InChI=1S/2C9H14O2SSi.C8H11BrO2SSi.C8H11ClO2SSi.C8H11FO2SSi.C8H11NO4SSi.C8H12O2SSi.C8H16O2SSi.C8H12O2SSi/c1-7-5-6-12-8(7)9(10)11-13(2,3)4;1-7-5-6-8(12-7)9(10)11-13(2,3)4;1-13(2,3)11-8(10)7-4-6(9)5-12-7;1-13(2,3)11-8(10)6-4-5-7(9)12-6;1-13(2,3)11-8(10)7-6(9)4-5-12-7;1-15(2,3)13-8(10)6-4-5-7(14-6)9(11)12;1-12(2,3)10-8(9)7-4-5-11-6-7;2*1-12(2,3)10-8(9)7-5-4-6-11-7/h2*5-6H,1-4H3;3*4-5H,1-3H3;4-5H,1-3H3;4-6H,1-3H3;7H,4-6H2,1-3H3;4-6H,1-3H3. The van der Waals surface area contributed by atoms with Crippen LogP contribution in [0.3, 0.4) is 0 Å². The van der Waals surface area contributed by atoms with E-state index in [9.17, 15) is 57.7 Å². The number of hydrogen-bond donors (Lipinski definition) is 0. The van der Waals surface area contributed by atoms with Crippen LogP contribution in [0.15, 0.2) is 110 Å². The highest BCUT2D eigenvalue weighted by molar-refractivity contribution is 9.10. The fourth-order valence-electron chi connectivity index (χ4n) is 7.48. The minimum atomic E-state index is -1.93. The number of hydrogen-bond acceptors (Lipinski definition) is 29. The summed E-state index contributed by atoms with van der Waals surface area (Å²) in [4.78, 5) is 118. The number of halogens is 3. The van der Waals surface area contributed by atoms with E-state index >= 15 is 0 Å². The third kappa shape index (κ3) is 51.8. The van der Waals surface area contributed by atoms with Crippen LogP contribution in [0.5, 0.6) is 0 Å². The molecule has 0 aliphatic carbocycles. The van der Waals surface area contributed by atoms with Crippen LogP contribution in [-0.4, -0.2) is 145 Å². The zero-order valence-corrected chi connectivity index (χ0v) is 90.2. The fraction of sp³-hybridized carbons (Fsp3) is 0.446. The van der Waals surface area contributed by atoms with Gasteiger partial charge in [-0.2, -0.15) is 11.3 Å². The zero-order chi connectivity index (χ0) is 89.5. The van der Waals surface area contributed by atoms with Crippen molar-refractivity contribution in [3.05, 3.63) is 180 Å². The van der Waals surface area contributed by atoms with Gasteiger partial charge in [0.1, 0.15) is 45.2 Å². The van der Waals surface area contributed by atoms with Crippen LogP contribution in [0.2, 0.25) is 181 Å².